The molecule has 1 heterocycles. The fourth-order valence-corrected chi connectivity index (χ4v) is 2.56. The zero-order valence-electron chi connectivity index (χ0n) is 12.2. The first-order valence-corrected chi connectivity index (χ1v) is 7.81. The van der Waals surface area contributed by atoms with Gasteiger partial charge in [0, 0.05) is 6.04 Å². The lowest BCUT2D eigenvalue weighted by Crippen LogP contribution is -2.46. The Morgan fingerprint density at radius 2 is 1.83 bits per heavy atom. The first-order chi connectivity index (χ1) is 8.88. The van der Waals surface area contributed by atoms with E-state index in [1.165, 1.54) is 44.9 Å². The van der Waals surface area contributed by atoms with Gasteiger partial charge in [-0.1, -0.05) is 52.4 Å². The van der Waals surface area contributed by atoms with Crippen LogP contribution in [0, 0.1) is 0 Å². The fraction of sp³-hybridized carbons (Fsp3) is 1.00. The summed E-state index contributed by atoms with van der Waals surface area (Å²) in [4.78, 5) is 0. The van der Waals surface area contributed by atoms with Gasteiger partial charge in [0.25, 0.3) is 0 Å². The van der Waals surface area contributed by atoms with Crippen molar-refractivity contribution in [3.05, 3.63) is 0 Å². The second-order valence-corrected chi connectivity index (χ2v) is 5.20. The summed E-state index contributed by atoms with van der Waals surface area (Å²) in [5.74, 6) is 0. The van der Waals surface area contributed by atoms with Crippen LogP contribution in [0.4, 0.5) is 0 Å². The van der Waals surface area contributed by atoms with Crippen molar-refractivity contribution in [1.82, 2.24) is 5.32 Å². The molecule has 0 aliphatic carbocycles. The quantitative estimate of drug-likeness (QED) is 0.610. The van der Waals surface area contributed by atoms with Crippen LogP contribution in [0.15, 0.2) is 0 Å². The van der Waals surface area contributed by atoms with Gasteiger partial charge in [0.15, 0.2) is 0 Å². The van der Waals surface area contributed by atoms with Gasteiger partial charge in [0.05, 0.1) is 25.9 Å². The van der Waals surface area contributed by atoms with Gasteiger partial charge in [0.2, 0.25) is 0 Å². The Balaban J connectivity index is 2.12. The topological polar surface area (TPSA) is 30.5 Å². The van der Waals surface area contributed by atoms with E-state index in [0.29, 0.717) is 6.04 Å². The molecular weight excluding hydrogens is 226 g/mol. The van der Waals surface area contributed by atoms with Gasteiger partial charge in [-0.15, -0.1) is 0 Å². The van der Waals surface area contributed by atoms with E-state index in [1.54, 1.807) is 0 Å². The van der Waals surface area contributed by atoms with Gasteiger partial charge < -0.3 is 14.8 Å². The SMILES string of the molecule is CCCCCCCCC(NCC)C1COCCO1. The highest BCUT2D eigenvalue weighted by molar-refractivity contribution is 4.78. The molecule has 1 aliphatic rings. The van der Waals surface area contributed by atoms with Crippen molar-refractivity contribution in [3.63, 3.8) is 0 Å². The van der Waals surface area contributed by atoms with Crippen molar-refractivity contribution in [2.24, 2.45) is 0 Å². The number of rotatable bonds is 10. The molecule has 0 aromatic heterocycles. The lowest BCUT2D eigenvalue weighted by atomic mass is 10.0. The minimum atomic E-state index is 0.259. The zero-order chi connectivity index (χ0) is 13.1. The maximum Gasteiger partial charge on any atom is 0.0962 e. The molecule has 1 saturated heterocycles. The van der Waals surface area contributed by atoms with Crippen LogP contribution in [-0.4, -0.2) is 38.5 Å². The summed E-state index contributed by atoms with van der Waals surface area (Å²) < 4.78 is 11.3. The lowest BCUT2D eigenvalue weighted by molar-refractivity contribution is -0.102. The summed E-state index contributed by atoms with van der Waals surface area (Å²) in [5.41, 5.74) is 0. The van der Waals surface area contributed by atoms with E-state index in [4.69, 9.17) is 9.47 Å². The van der Waals surface area contributed by atoms with E-state index >= 15 is 0 Å². The van der Waals surface area contributed by atoms with Crippen molar-refractivity contribution in [1.29, 1.82) is 0 Å². The minimum absolute atomic E-state index is 0.259. The molecule has 0 aromatic carbocycles. The molecule has 0 aromatic rings. The zero-order valence-corrected chi connectivity index (χ0v) is 12.2. The summed E-state index contributed by atoms with van der Waals surface area (Å²) in [6, 6.07) is 0.474. The first-order valence-electron chi connectivity index (χ1n) is 7.81. The van der Waals surface area contributed by atoms with Crippen molar-refractivity contribution >= 4 is 0 Å². The van der Waals surface area contributed by atoms with E-state index in [1.807, 2.05) is 0 Å². The van der Waals surface area contributed by atoms with Crippen molar-refractivity contribution in [2.45, 2.75) is 70.9 Å². The third-order valence-corrected chi connectivity index (χ3v) is 3.63. The number of ether oxygens (including phenoxy) is 2. The number of unbranched alkanes of at least 4 members (excludes halogenated alkanes) is 5. The van der Waals surface area contributed by atoms with E-state index in [2.05, 4.69) is 19.2 Å². The summed E-state index contributed by atoms with van der Waals surface area (Å²) in [6.45, 7) is 7.71. The second-order valence-electron chi connectivity index (χ2n) is 5.20. The van der Waals surface area contributed by atoms with Crippen LogP contribution in [-0.2, 0) is 9.47 Å². The fourth-order valence-electron chi connectivity index (χ4n) is 2.56. The smallest absolute Gasteiger partial charge is 0.0962 e. The van der Waals surface area contributed by atoms with Crippen molar-refractivity contribution < 1.29 is 9.47 Å². The van der Waals surface area contributed by atoms with E-state index in [0.717, 1.165) is 26.4 Å². The van der Waals surface area contributed by atoms with Crippen LogP contribution in [0.2, 0.25) is 0 Å². The third kappa shape index (κ3) is 6.72. The molecule has 108 valence electrons. The molecule has 3 heteroatoms. The lowest BCUT2D eigenvalue weighted by Gasteiger charge is -2.31. The molecule has 1 rings (SSSR count). The minimum Gasteiger partial charge on any atom is -0.376 e. The molecule has 0 bridgehead atoms. The Morgan fingerprint density at radius 1 is 1.06 bits per heavy atom. The molecule has 2 atom stereocenters. The Morgan fingerprint density at radius 3 is 2.50 bits per heavy atom. The van der Waals surface area contributed by atoms with Gasteiger partial charge in [0.1, 0.15) is 0 Å². The van der Waals surface area contributed by atoms with Crippen molar-refractivity contribution in [2.75, 3.05) is 26.4 Å². The first kappa shape index (κ1) is 15.9. The second kappa shape index (κ2) is 10.8. The molecule has 18 heavy (non-hydrogen) atoms. The molecule has 1 N–H and O–H groups in total. The summed E-state index contributed by atoms with van der Waals surface area (Å²) in [7, 11) is 0. The van der Waals surface area contributed by atoms with Gasteiger partial charge in [-0.05, 0) is 13.0 Å². The number of likely N-dealkylation sites (N-methyl/N-ethyl adjacent to an activating group) is 1. The van der Waals surface area contributed by atoms with Gasteiger partial charge in [-0.2, -0.15) is 0 Å². The maximum absolute atomic E-state index is 5.80. The standard InChI is InChI=1S/C15H31NO2/c1-3-5-6-7-8-9-10-14(16-4-2)15-13-17-11-12-18-15/h14-16H,3-13H2,1-2H3. The molecule has 3 nitrogen and oxygen atoms in total. The Labute approximate surface area is 113 Å². The Bertz CT molecular complexity index is 181. The van der Waals surface area contributed by atoms with Crippen LogP contribution in [0.5, 0.6) is 0 Å². The highest BCUT2D eigenvalue weighted by Gasteiger charge is 2.23. The highest BCUT2D eigenvalue weighted by atomic mass is 16.6. The average molecular weight is 257 g/mol. The molecule has 0 radical (unpaired) electrons. The molecule has 1 aliphatic heterocycles. The monoisotopic (exact) mass is 257 g/mol. The van der Waals surface area contributed by atoms with Crippen LogP contribution >= 0.6 is 0 Å². The molecule has 1 fully saturated rings. The Kier molecular flexibility index (Phi) is 9.54. The van der Waals surface area contributed by atoms with Gasteiger partial charge >= 0.3 is 0 Å². The average Bonchev–Trinajstić information content (AvgIpc) is 2.42. The van der Waals surface area contributed by atoms with Gasteiger partial charge in [-0.3, -0.25) is 0 Å². The third-order valence-electron chi connectivity index (χ3n) is 3.63. The van der Waals surface area contributed by atoms with E-state index in [-0.39, 0.29) is 6.10 Å². The summed E-state index contributed by atoms with van der Waals surface area (Å²) >= 11 is 0. The predicted octanol–water partition coefficient (Wildman–Crippen LogP) is 3.13. The molecule has 0 amide bonds. The number of hydrogen-bond acceptors (Lipinski definition) is 3. The Hall–Kier alpha value is -0.120. The normalized spacial score (nSPS) is 22.0. The summed E-state index contributed by atoms with van der Waals surface area (Å²) in [5, 5.41) is 3.55. The maximum atomic E-state index is 5.80. The van der Waals surface area contributed by atoms with Crippen LogP contribution < -0.4 is 5.32 Å². The summed E-state index contributed by atoms with van der Waals surface area (Å²) in [6.07, 6.45) is 9.63. The van der Waals surface area contributed by atoms with Crippen LogP contribution in [0.3, 0.4) is 0 Å². The van der Waals surface area contributed by atoms with Gasteiger partial charge in [-0.25, -0.2) is 0 Å². The highest BCUT2D eigenvalue weighted by Crippen LogP contribution is 2.14. The number of hydrogen-bond donors (Lipinski definition) is 1. The van der Waals surface area contributed by atoms with Crippen molar-refractivity contribution in [3.8, 4) is 0 Å². The molecule has 0 saturated carbocycles. The number of nitrogens with one attached hydrogen (secondary N) is 1. The van der Waals surface area contributed by atoms with Crippen LogP contribution in [0.1, 0.15) is 58.8 Å². The van der Waals surface area contributed by atoms with E-state index < -0.39 is 0 Å². The molecular formula is C15H31NO2. The van der Waals surface area contributed by atoms with E-state index in [9.17, 15) is 0 Å². The largest absolute Gasteiger partial charge is 0.376 e. The van der Waals surface area contributed by atoms with Crippen LogP contribution in [0.25, 0.3) is 0 Å². The molecule has 0 spiro atoms. The predicted molar refractivity (Wildman–Crippen MR) is 76.0 cm³/mol. The molecule has 2 unspecified atom stereocenters.